The number of hydrogen-bond acceptors (Lipinski definition) is 3. The first kappa shape index (κ1) is 19.0. The Morgan fingerprint density at radius 1 is 1.54 bits per heavy atom. The lowest BCUT2D eigenvalue weighted by Crippen LogP contribution is -2.57. The smallest absolute Gasteiger partial charge is 0.152 e. The van der Waals surface area contributed by atoms with Crippen molar-refractivity contribution in [3.8, 4) is 0 Å². The molecule has 0 saturated heterocycles. The first-order chi connectivity index (χ1) is 11.5. The maximum Gasteiger partial charge on any atom is 0.152 e. The monoisotopic (exact) mass is 353 g/mol. The number of halogens is 2. The zero-order valence-corrected chi connectivity index (χ0v) is 15.9. The SMILES string of the molecule is C/C=C\C(C/C=C/Cl)C1(C2NN=C(/C(C)=C/C(C)F)N2C)CCC1. The summed E-state index contributed by atoms with van der Waals surface area (Å²) < 4.78 is 13.3. The van der Waals surface area contributed by atoms with Crippen molar-refractivity contribution < 1.29 is 4.39 Å². The largest absolute Gasteiger partial charge is 0.336 e. The molecular weight excluding hydrogens is 325 g/mol. The van der Waals surface area contributed by atoms with Gasteiger partial charge in [-0.15, -0.1) is 0 Å². The van der Waals surface area contributed by atoms with Crippen LogP contribution in [0.1, 0.15) is 46.5 Å². The number of nitrogens with one attached hydrogen (secondary N) is 1. The molecule has 0 amide bonds. The summed E-state index contributed by atoms with van der Waals surface area (Å²) in [4.78, 5) is 2.17. The summed E-state index contributed by atoms with van der Waals surface area (Å²) in [7, 11) is 2.05. The van der Waals surface area contributed by atoms with E-state index in [0.717, 1.165) is 30.7 Å². The number of hydrogen-bond donors (Lipinski definition) is 1. The third-order valence-electron chi connectivity index (χ3n) is 5.32. The van der Waals surface area contributed by atoms with Crippen molar-refractivity contribution in [3.63, 3.8) is 0 Å². The van der Waals surface area contributed by atoms with Crippen LogP contribution in [0.4, 0.5) is 4.39 Å². The first-order valence-electron chi connectivity index (χ1n) is 8.73. The minimum absolute atomic E-state index is 0.129. The fourth-order valence-corrected chi connectivity index (χ4v) is 4.18. The second-order valence-corrected chi connectivity index (χ2v) is 7.17. The molecule has 1 heterocycles. The Morgan fingerprint density at radius 2 is 2.25 bits per heavy atom. The summed E-state index contributed by atoms with van der Waals surface area (Å²) in [6, 6.07) is 0. The van der Waals surface area contributed by atoms with Crippen LogP contribution in [0.2, 0.25) is 0 Å². The molecule has 3 atom stereocenters. The van der Waals surface area contributed by atoms with Crippen LogP contribution >= 0.6 is 11.6 Å². The predicted octanol–water partition coefficient (Wildman–Crippen LogP) is 4.97. The van der Waals surface area contributed by atoms with Crippen molar-refractivity contribution in [2.75, 3.05) is 7.05 Å². The van der Waals surface area contributed by atoms with Crippen LogP contribution in [0.5, 0.6) is 0 Å². The Morgan fingerprint density at radius 3 is 2.75 bits per heavy atom. The van der Waals surface area contributed by atoms with E-state index in [1.165, 1.54) is 13.3 Å². The van der Waals surface area contributed by atoms with Crippen LogP contribution in [0.25, 0.3) is 0 Å². The molecule has 1 fully saturated rings. The van der Waals surface area contributed by atoms with Gasteiger partial charge in [0.05, 0.1) is 0 Å². The average molecular weight is 354 g/mol. The molecule has 3 unspecified atom stereocenters. The summed E-state index contributed by atoms with van der Waals surface area (Å²) in [6.07, 6.45) is 11.7. The summed E-state index contributed by atoms with van der Waals surface area (Å²) >= 11 is 5.76. The number of allylic oxidation sites excluding steroid dienone is 4. The highest BCUT2D eigenvalue weighted by Crippen LogP contribution is 2.53. The zero-order valence-electron chi connectivity index (χ0n) is 15.1. The molecule has 0 aromatic rings. The molecule has 1 saturated carbocycles. The third kappa shape index (κ3) is 3.69. The normalized spacial score (nSPS) is 26.4. The quantitative estimate of drug-likeness (QED) is 0.654. The zero-order chi connectivity index (χ0) is 17.7. The molecule has 1 aliphatic carbocycles. The fourth-order valence-electron chi connectivity index (χ4n) is 4.08. The van der Waals surface area contributed by atoms with Gasteiger partial charge in [0.1, 0.15) is 12.3 Å². The van der Waals surface area contributed by atoms with Crippen LogP contribution in [0, 0.1) is 11.3 Å². The number of alkyl halides is 1. The van der Waals surface area contributed by atoms with Crippen molar-refractivity contribution in [1.29, 1.82) is 0 Å². The van der Waals surface area contributed by atoms with Crippen molar-refractivity contribution in [3.05, 3.63) is 35.4 Å². The van der Waals surface area contributed by atoms with Gasteiger partial charge in [0.25, 0.3) is 0 Å². The van der Waals surface area contributed by atoms with Gasteiger partial charge in [-0.2, -0.15) is 5.10 Å². The van der Waals surface area contributed by atoms with Gasteiger partial charge in [-0.25, -0.2) is 4.39 Å². The highest BCUT2D eigenvalue weighted by Gasteiger charge is 2.52. The van der Waals surface area contributed by atoms with Gasteiger partial charge >= 0.3 is 0 Å². The molecule has 2 aliphatic rings. The van der Waals surface area contributed by atoms with E-state index in [2.05, 4.69) is 34.5 Å². The second kappa shape index (κ2) is 8.19. The number of likely N-dealkylation sites (N-methyl/N-ethyl adjacent to an activating group) is 1. The Labute approximate surface area is 150 Å². The maximum atomic E-state index is 13.3. The Bertz CT molecular complexity index is 547. The number of hydrazone groups is 1. The molecule has 0 aromatic carbocycles. The molecule has 1 aliphatic heterocycles. The lowest BCUT2D eigenvalue weighted by Gasteiger charge is -2.52. The molecule has 3 nitrogen and oxygen atoms in total. The number of nitrogens with zero attached hydrogens (tertiary/aromatic N) is 2. The van der Waals surface area contributed by atoms with E-state index >= 15 is 0 Å². The van der Waals surface area contributed by atoms with Crippen molar-refractivity contribution >= 4 is 17.4 Å². The molecule has 134 valence electrons. The molecule has 1 N–H and O–H groups in total. The Kier molecular flexibility index (Phi) is 6.50. The van der Waals surface area contributed by atoms with E-state index < -0.39 is 6.17 Å². The van der Waals surface area contributed by atoms with Crippen molar-refractivity contribution in [1.82, 2.24) is 10.3 Å². The Balaban J connectivity index is 2.22. The van der Waals surface area contributed by atoms with Crippen LogP contribution in [0.3, 0.4) is 0 Å². The highest BCUT2D eigenvalue weighted by molar-refractivity contribution is 6.25. The van der Waals surface area contributed by atoms with Crippen LogP contribution in [0.15, 0.2) is 40.5 Å². The van der Waals surface area contributed by atoms with Crippen LogP contribution in [-0.4, -0.2) is 30.1 Å². The fraction of sp³-hybridized carbons (Fsp3) is 0.632. The number of rotatable bonds is 7. The average Bonchev–Trinajstić information content (AvgIpc) is 2.85. The molecule has 0 bridgehead atoms. The van der Waals surface area contributed by atoms with Crippen LogP contribution in [-0.2, 0) is 0 Å². The van der Waals surface area contributed by atoms with E-state index in [1.54, 1.807) is 11.6 Å². The molecule has 5 heteroatoms. The van der Waals surface area contributed by atoms with E-state index in [4.69, 9.17) is 11.6 Å². The summed E-state index contributed by atoms with van der Waals surface area (Å²) in [5.41, 5.74) is 5.94. The van der Waals surface area contributed by atoms with Gasteiger partial charge in [-0.3, -0.25) is 5.43 Å². The minimum atomic E-state index is -0.970. The van der Waals surface area contributed by atoms with Crippen molar-refractivity contribution in [2.45, 2.75) is 58.8 Å². The first-order valence-corrected chi connectivity index (χ1v) is 9.17. The maximum absolute atomic E-state index is 13.3. The molecule has 2 rings (SSSR count). The third-order valence-corrected chi connectivity index (χ3v) is 5.50. The standard InChI is InChI=1S/C19H29ClFN3/c1-5-8-16(9-6-12-20)19(10-7-11-19)18-23-22-17(24(18)4)14(2)13-15(3)21/h5-6,8,12-13,15-16,18,23H,7,9-11H2,1-4H3/b8-5-,12-6+,14-13+. The minimum Gasteiger partial charge on any atom is -0.336 e. The lowest BCUT2D eigenvalue weighted by molar-refractivity contribution is -0.0111. The van der Waals surface area contributed by atoms with Crippen LogP contribution < -0.4 is 5.43 Å². The van der Waals surface area contributed by atoms with E-state index in [9.17, 15) is 4.39 Å². The van der Waals surface area contributed by atoms with E-state index in [0.29, 0.717) is 5.92 Å². The van der Waals surface area contributed by atoms with E-state index in [-0.39, 0.29) is 11.6 Å². The summed E-state index contributed by atoms with van der Waals surface area (Å²) in [5.74, 6) is 1.24. The molecule has 0 spiro atoms. The van der Waals surface area contributed by atoms with Gasteiger partial charge in [0, 0.05) is 18.0 Å². The number of amidine groups is 1. The summed E-state index contributed by atoms with van der Waals surface area (Å²) in [6.45, 7) is 5.52. The lowest BCUT2D eigenvalue weighted by atomic mass is 9.58. The molecular formula is C19H29ClFN3. The van der Waals surface area contributed by atoms with Gasteiger partial charge in [-0.05, 0) is 57.6 Å². The van der Waals surface area contributed by atoms with Gasteiger partial charge in [0.2, 0.25) is 0 Å². The van der Waals surface area contributed by atoms with Gasteiger partial charge in [-0.1, -0.05) is 36.2 Å². The second-order valence-electron chi connectivity index (χ2n) is 6.92. The topological polar surface area (TPSA) is 27.6 Å². The molecule has 0 radical (unpaired) electrons. The van der Waals surface area contributed by atoms with Crippen molar-refractivity contribution in [2.24, 2.45) is 16.4 Å². The molecule has 0 aromatic heterocycles. The molecule has 24 heavy (non-hydrogen) atoms. The highest BCUT2D eigenvalue weighted by atomic mass is 35.5. The van der Waals surface area contributed by atoms with E-state index in [1.807, 2.05) is 20.0 Å². The summed E-state index contributed by atoms with van der Waals surface area (Å²) in [5, 5.41) is 4.51. The van der Waals surface area contributed by atoms with Gasteiger partial charge < -0.3 is 4.90 Å². The Hall–Kier alpha value is -1.29. The van der Waals surface area contributed by atoms with Gasteiger partial charge in [0.15, 0.2) is 5.84 Å². The predicted molar refractivity (Wildman–Crippen MR) is 101 cm³/mol.